The van der Waals surface area contributed by atoms with E-state index in [-0.39, 0.29) is 11.7 Å². The topological polar surface area (TPSA) is 40.5 Å². The van der Waals surface area contributed by atoms with Crippen molar-refractivity contribution < 1.29 is 10.2 Å². The summed E-state index contributed by atoms with van der Waals surface area (Å²) in [6, 6.07) is 5.50. The first-order valence-corrected chi connectivity index (χ1v) is 6.78. The molecule has 0 saturated carbocycles. The predicted octanol–water partition coefficient (Wildman–Crippen LogP) is 4.55. The van der Waals surface area contributed by atoms with E-state index >= 15 is 0 Å². The fraction of sp³-hybridized carbons (Fsp3) is 0.222. The van der Waals surface area contributed by atoms with E-state index in [1.807, 2.05) is 24.3 Å². The highest BCUT2D eigenvalue weighted by atomic mass is 16.3. The smallest absolute Gasteiger partial charge is 0.119 e. The molecule has 104 valence electrons. The van der Waals surface area contributed by atoms with Crippen LogP contribution in [-0.4, -0.2) is 10.2 Å². The lowest BCUT2D eigenvalue weighted by Crippen LogP contribution is -2.08. The van der Waals surface area contributed by atoms with Crippen molar-refractivity contribution >= 4 is 0 Å². The molecule has 1 unspecified atom stereocenters. The van der Waals surface area contributed by atoms with Crippen LogP contribution in [-0.2, 0) is 6.42 Å². The molecule has 1 atom stereocenters. The number of hydrogen-bond acceptors (Lipinski definition) is 2. The number of aliphatic hydroxyl groups is 1. The second kappa shape index (κ2) is 6.29. The predicted molar refractivity (Wildman–Crippen MR) is 83.0 cm³/mol. The molecule has 0 aliphatic heterocycles. The van der Waals surface area contributed by atoms with Crippen LogP contribution in [0.5, 0.6) is 5.75 Å². The van der Waals surface area contributed by atoms with Gasteiger partial charge in [0.25, 0.3) is 0 Å². The summed E-state index contributed by atoms with van der Waals surface area (Å²) in [7, 11) is 0. The van der Waals surface area contributed by atoms with Crippen LogP contribution in [0.4, 0.5) is 0 Å². The van der Waals surface area contributed by atoms with E-state index in [2.05, 4.69) is 13.2 Å². The molecule has 2 N–H and O–H groups in total. The third-order valence-electron chi connectivity index (χ3n) is 3.59. The Morgan fingerprint density at radius 1 is 1.10 bits per heavy atom. The van der Waals surface area contributed by atoms with E-state index in [1.54, 1.807) is 18.2 Å². The summed E-state index contributed by atoms with van der Waals surface area (Å²) in [5, 5.41) is 19.9. The molecule has 0 amide bonds. The van der Waals surface area contributed by atoms with E-state index in [9.17, 15) is 10.2 Å². The zero-order valence-corrected chi connectivity index (χ0v) is 11.5. The number of aromatic hydroxyl groups is 1. The molecule has 1 aromatic carbocycles. The molecule has 20 heavy (non-hydrogen) atoms. The third-order valence-corrected chi connectivity index (χ3v) is 3.59. The first kappa shape index (κ1) is 14.2. The average Bonchev–Trinajstić information content (AvgIpc) is 2.44. The van der Waals surface area contributed by atoms with Gasteiger partial charge in [0.05, 0.1) is 5.76 Å². The average molecular weight is 268 g/mol. The van der Waals surface area contributed by atoms with Crippen molar-refractivity contribution in [3.63, 3.8) is 0 Å². The van der Waals surface area contributed by atoms with Gasteiger partial charge in [-0.25, -0.2) is 0 Å². The summed E-state index contributed by atoms with van der Waals surface area (Å²) in [6.45, 7) is 7.45. The second-order valence-electron chi connectivity index (χ2n) is 5.05. The van der Waals surface area contributed by atoms with Gasteiger partial charge in [-0.05, 0) is 42.5 Å². The largest absolute Gasteiger partial charge is 0.512 e. The summed E-state index contributed by atoms with van der Waals surface area (Å²) in [5.41, 5.74) is 3.11. The molecule has 0 spiro atoms. The first-order chi connectivity index (χ1) is 9.65. The number of benzene rings is 1. The maximum Gasteiger partial charge on any atom is 0.119 e. The van der Waals surface area contributed by atoms with Crippen molar-refractivity contribution in [2.75, 3.05) is 0 Å². The van der Waals surface area contributed by atoms with Crippen molar-refractivity contribution in [1.82, 2.24) is 0 Å². The minimum Gasteiger partial charge on any atom is -0.512 e. The van der Waals surface area contributed by atoms with Crippen LogP contribution in [0.1, 0.15) is 29.9 Å². The number of hydrogen-bond donors (Lipinski definition) is 2. The van der Waals surface area contributed by atoms with Crippen molar-refractivity contribution in [2.45, 2.75) is 25.2 Å². The molecule has 0 radical (unpaired) electrons. The lowest BCUT2D eigenvalue weighted by atomic mass is 9.85. The minimum atomic E-state index is -0.0425. The third kappa shape index (κ3) is 3.02. The number of phenols is 1. The molecule has 0 bridgehead atoms. The Bertz CT molecular complexity index is 579. The minimum absolute atomic E-state index is 0.0425. The molecule has 0 aromatic heterocycles. The van der Waals surface area contributed by atoms with Gasteiger partial charge in [-0.15, -0.1) is 13.2 Å². The van der Waals surface area contributed by atoms with Crippen molar-refractivity contribution in [3.8, 4) is 5.75 Å². The Labute approximate surface area is 120 Å². The van der Waals surface area contributed by atoms with Crippen LogP contribution < -0.4 is 0 Å². The normalized spacial score (nSPS) is 18.1. The standard InChI is InChI=1S/C18H20O2/c1-3-5-13-7-9-18(20)16(11-13)14-8-10-17(19)15(12-14)6-4-2/h3-4,7-10,12,16,19-20H,1-2,5-6,11H2. The van der Waals surface area contributed by atoms with E-state index in [0.717, 1.165) is 24.0 Å². The molecule has 0 heterocycles. The van der Waals surface area contributed by atoms with Gasteiger partial charge in [0, 0.05) is 5.92 Å². The zero-order chi connectivity index (χ0) is 14.5. The van der Waals surface area contributed by atoms with Gasteiger partial charge in [0.2, 0.25) is 0 Å². The highest BCUT2D eigenvalue weighted by molar-refractivity contribution is 5.42. The highest BCUT2D eigenvalue weighted by Crippen LogP contribution is 2.35. The Morgan fingerprint density at radius 2 is 1.85 bits per heavy atom. The Morgan fingerprint density at radius 3 is 2.55 bits per heavy atom. The van der Waals surface area contributed by atoms with Crippen molar-refractivity contribution in [3.05, 3.63) is 78.1 Å². The zero-order valence-electron chi connectivity index (χ0n) is 11.5. The molecular weight excluding hydrogens is 248 g/mol. The summed E-state index contributed by atoms with van der Waals surface area (Å²) in [6.07, 6.45) is 9.58. The summed E-state index contributed by atoms with van der Waals surface area (Å²) < 4.78 is 0. The molecule has 1 aliphatic carbocycles. The molecule has 1 aliphatic rings. The molecule has 0 saturated heterocycles. The molecular formula is C18H20O2. The fourth-order valence-electron chi connectivity index (χ4n) is 2.52. The Hall–Kier alpha value is -2.22. The summed E-state index contributed by atoms with van der Waals surface area (Å²) in [5.74, 6) is 0.599. The Balaban J connectivity index is 2.29. The Kier molecular flexibility index (Phi) is 4.46. The van der Waals surface area contributed by atoms with Gasteiger partial charge < -0.3 is 10.2 Å². The van der Waals surface area contributed by atoms with E-state index < -0.39 is 0 Å². The van der Waals surface area contributed by atoms with Crippen LogP contribution in [0.25, 0.3) is 0 Å². The van der Waals surface area contributed by atoms with E-state index in [0.29, 0.717) is 12.2 Å². The molecule has 2 nitrogen and oxygen atoms in total. The van der Waals surface area contributed by atoms with Gasteiger partial charge in [0.1, 0.15) is 5.75 Å². The number of phenolic OH excluding ortho intramolecular Hbond substituents is 1. The van der Waals surface area contributed by atoms with Gasteiger partial charge in [-0.1, -0.05) is 35.9 Å². The lowest BCUT2D eigenvalue weighted by Gasteiger charge is -2.22. The monoisotopic (exact) mass is 268 g/mol. The molecule has 2 heteroatoms. The second-order valence-corrected chi connectivity index (χ2v) is 5.05. The van der Waals surface area contributed by atoms with Crippen molar-refractivity contribution in [1.29, 1.82) is 0 Å². The van der Waals surface area contributed by atoms with Gasteiger partial charge >= 0.3 is 0 Å². The number of allylic oxidation sites excluding steroid dienone is 6. The highest BCUT2D eigenvalue weighted by Gasteiger charge is 2.21. The molecule has 1 aromatic rings. The van der Waals surface area contributed by atoms with Crippen LogP contribution in [0, 0.1) is 0 Å². The number of aliphatic hydroxyl groups excluding tert-OH is 1. The molecule has 0 fully saturated rings. The van der Waals surface area contributed by atoms with E-state index in [4.69, 9.17) is 0 Å². The van der Waals surface area contributed by atoms with Crippen molar-refractivity contribution in [2.24, 2.45) is 0 Å². The quantitative estimate of drug-likeness (QED) is 0.769. The maximum atomic E-state index is 10.1. The number of rotatable bonds is 5. The van der Waals surface area contributed by atoms with Gasteiger partial charge in [-0.2, -0.15) is 0 Å². The SMILES string of the molecule is C=CCC1=CC=C(O)C(c2ccc(O)c(CC=C)c2)C1. The van der Waals surface area contributed by atoms with Crippen LogP contribution in [0.3, 0.4) is 0 Å². The summed E-state index contributed by atoms with van der Waals surface area (Å²) >= 11 is 0. The van der Waals surface area contributed by atoms with Crippen LogP contribution in [0.2, 0.25) is 0 Å². The summed E-state index contributed by atoms with van der Waals surface area (Å²) in [4.78, 5) is 0. The lowest BCUT2D eigenvalue weighted by molar-refractivity contribution is 0.362. The van der Waals surface area contributed by atoms with Crippen LogP contribution >= 0.6 is 0 Å². The molecule has 2 rings (SSSR count). The van der Waals surface area contributed by atoms with Gasteiger partial charge in [-0.3, -0.25) is 0 Å². The maximum absolute atomic E-state index is 10.1. The fourth-order valence-corrected chi connectivity index (χ4v) is 2.52. The van der Waals surface area contributed by atoms with Crippen LogP contribution in [0.15, 0.2) is 67.0 Å². The van der Waals surface area contributed by atoms with E-state index in [1.165, 1.54) is 5.57 Å². The van der Waals surface area contributed by atoms with Gasteiger partial charge in [0.15, 0.2) is 0 Å². The first-order valence-electron chi connectivity index (χ1n) is 6.78.